The molecule has 126 valence electrons. The number of aliphatic hydroxyl groups excluding tert-OH is 1. The molecular formula is C19H28N2O2. The van der Waals surface area contributed by atoms with E-state index < -0.39 is 0 Å². The molecule has 4 nitrogen and oxygen atoms in total. The maximum Gasteiger partial charge on any atom is 0.237 e. The average molecular weight is 316 g/mol. The molecule has 0 spiro atoms. The Kier molecular flexibility index (Phi) is 5.34. The van der Waals surface area contributed by atoms with Gasteiger partial charge in [-0.3, -0.25) is 9.69 Å². The van der Waals surface area contributed by atoms with E-state index in [1.54, 1.807) is 0 Å². The molecule has 4 heteroatoms. The van der Waals surface area contributed by atoms with E-state index in [2.05, 4.69) is 21.9 Å². The highest BCUT2D eigenvalue weighted by Crippen LogP contribution is 2.29. The molecule has 1 aliphatic heterocycles. The van der Waals surface area contributed by atoms with Gasteiger partial charge in [-0.2, -0.15) is 0 Å². The second kappa shape index (κ2) is 7.45. The molecular weight excluding hydrogens is 288 g/mol. The van der Waals surface area contributed by atoms with E-state index >= 15 is 0 Å². The van der Waals surface area contributed by atoms with E-state index in [4.69, 9.17) is 0 Å². The highest BCUT2D eigenvalue weighted by atomic mass is 16.3. The van der Waals surface area contributed by atoms with Gasteiger partial charge in [0.05, 0.1) is 12.6 Å². The minimum absolute atomic E-state index is 0.244. The Labute approximate surface area is 139 Å². The average Bonchev–Trinajstić information content (AvgIpc) is 3.28. The third kappa shape index (κ3) is 4.55. The van der Waals surface area contributed by atoms with Crippen molar-refractivity contribution in [3.8, 4) is 0 Å². The van der Waals surface area contributed by atoms with Gasteiger partial charge in [0, 0.05) is 18.6 Å². The Balaban J connectivity index is 1.60. The summed E-state index contributed by atoms with van der Waals surface area (Å²) in [5.74, 6) is 0.244. The van der Waals surface area contributed by atoms with Crippen LogP contribution in [-0.2, 0) is 11.3 Å². The summed E-state index contributed by atoms with van der Waals surface area (Å²) in [6.45, 7) is 4.04. The molecule has 23 heavy (non-hydrogen) atoms. The minimum Gasteiger partial charge on any atom is -0.393 e. The quantitative estimate of drug-likeness (QED) is 0.840. The molecule has 2 unspecified atom stereocenters. The topological polar surface area (TPSA) is 43.8 Å². The fraction of sp³-hybridized carbons (Fsp3) is 0.632. The van der Waals surface area contributed by atoms with Crippen LogP contribution in [0.4, 0.5) is 0 Å². The van der Waals surface area contributed by atoms with Crippen LogP contribution in [0.5, 0.6) is 0 Å². The summed E-state index contributed by atoms with van der Waals surface area (Å²) in [6, 6.07) is 11.0. The predicted molar refractivity (Wildman–Crippen MR) is 90.9 cm³/mol. The molecule has 1 aromatic carbocycles. The summed E-state index contributed by atoms with van der Waals surface area (Å²) in [5, 5.41) is 9.64. The van der Waals surface area contributed by atoms with E-state index in [0.29, 0.717) is 18.6 Å². The SMILES string of the molecule is CC(O)CC1CCCN1CC(=O)N(Cc1ccccc1)C1CC1. The van der Waals surface area contributed by atoms with Crippen molar-refractivity contribution < 1.29 is 9.90 Å². The summed E-state index contributed by atoms with van der Waals surface area (Å²) in [6.07, 6.45) is 4.98. The van der Waals surface area contributed by atoms with Crippen LogP contribution in [0.3, 0.4) is 0 Å². The number of carbonyl (C=O) groups is 1. The number of hydrogen-bond acceptors (Lipinski definition) is 3. The number of likely N-dealkylation sites (tertiary alicyclic amines) is 1. The van der Waals surface area contributed by atoms with Gasteiger partial charge in [-0.15, -0.1) is 0 Å². The Bertz CT molecular complexity index is 513. The zero-order valence-corrected chi connectivity index (χ0v) is 14.0. The lowest BCUT2D eigenvalue weighted by Crippen LogP contribution is -2.43. The molecule has 1 saturated heterocycles. The summed E-state index contributed by atoms with van der Waals surface area (Å²) in [4.78, 5) is 17.2. The van der Waals surface area contributed by atoms with Gasteiger partial charge >= 0.3 is 0 Å². The van der Waals surface area contributed by atoms with Gasteiger partial charge in [-0.25, -0.2) is 0 Å². The van der Waals surface area contributed by atoms with Crippen LogP contribution in [0, 0.1) is 0 Å². The first-order valence-corrected chi connectivity index (χ1v) is 8.89. The lowest BCUT2D eigenvalue weighted by Gasteiger charge is -2.29. The van der Waals surface area contributed by atoms with Gasteiger partial charge in [-0.1, -0.05) is 30.3 Å². The molecule has 0 radical (unpaired) electrons. The van der Waals surface area contributed by atoms with Crippen LogP contribution in [-0.4, -0.2) is 52.1 Å². The largest absolute Gasteiger partial charge is 0.393 e. The van der Waals surface area contributed by atoms with Gasteiger partial charge in [0.2, 0.25) is 5.91 Å². The standard InChI is InChI=1S/C19H28N2O2/c1-15(22)12-18-8-5-11-20(18)14-19(23)21(17-9-10-17)13-16-6-3-2-4-7-16/h2-4,6-7,15,17-18,22H,5,8-14H2,1H3. The van der Waals surface area contributed by atoms with Crippen molar-refractivity contribution in [1.82, 2.24) is 9.80 Å². The van der Waals surface area contributed by atoms with Crippen molar-refractivity contribution in [2.45, 2.75) is 63.8 Å². The zero-order chi connectivity index (χ0) is 16.2. The molecule has 1 aliphatic carbocycles. The molecule has 2 atom stereocenters. The first-order valence-electron chi connectivity index (χ1n) is 8.89. The van der Waals surface area contributed by atoms with E-state index in [1.165, 1.54) is 5.56 Å². The zero-order valence-electron chi connectivity index (χ0n) is 14.0. The summed E-state index contributed by atoms with van der Waals surface area (Å²) in [7, 11) is 0. The van der Waals surface area contributed by atoms with Gasteiger partial charge in [0.15, 0.2) is 0 Å². The Morgan fingerprint density at radius 3 is 2.70 bits per heavy atom. The van der Waals surface area contributed by atoms with E-state index in [-0.39, 0.29) is 12.0 Å². The van der Waals surface area contributed by atoms with Crippen molar-refractivity contribution in [3.63, 3.8) is 0 Å². The highest BCUT2D eigenvalue weighted by molar-refractivity contribution is 5.79. The van der Waals surface area contributed by atoms with E-state index in [1.807, 2.05) is 25.1 Å². The Morgan fingerprint density at radius 1 is 1.30 bits per heavy atom. The van der Waals surface area contributed by atoms with Crippen LogP contribution < -0.4 is 0 Å². The number of hydrogen-bond donors (Lipinski definition) is 1. The van der Waals surface area contributed by atoms with Crippen molar-refractivity contribution in [3.05, 3.63) is 35.9 Å². The molecule has 1 amide bonds. The van der Waals surface area contributed by atoms with Gasteiger partial charge < -0.3 is 10.0 Å². The first-order chi connectivity index (χ1) is 11.1. The predicted octanol–water partition coefficient (Wildman–Crippen LogP) is 2.41. The normalized spacial score (nSPS) is 23.0. The van der Waals surface area contributed by atoms with Crippen LogP contribution in [0.15, 0.2) is 30.3 Å². The van der Waals surface area contributed by atoms with Crippen molar-refractivity contribution in [2.24, 2.45) is 0 Å². The lowest BCUT2D eigenvalue weighted by atomic mass is 10.1. The molecule has 1 N–H and O–H groups in total. The molecule has 0 aromatic heterocycles. The smallest absolute Gasteiger partial charge is 0.237 e. The number of aliphatic hydroxyl groups is 1. The van der Waals surface area contributed by atoms with Crippen molar-refractivity contribution >= 4 is 5.91 Å². The number of amides is 1. The Morgan fingerprint density at radius 2 is 2.04 bits per heavy atom. The number of benzene rings is 1. The molecule has 2 aliphatic rings. The number of carbonyl (C=O) groups excluding carboxylic acids is 1. The first kappa shape index (κ1) is 16.5. The second-order valence-electron chi connectivity index (χ2n) is 7.09. The number of rotatable bonds is 7. The maximum atomic E-state index is 12.8. The molecule has 2 fully saturated rings. The van der Waals surface area contributed by atoms with Crippen LogP contribution in [0.1, 0.15) is 44.6 Å². The second-order valence-corrected chi connectivity index (χ2v) is 7.09. The van der Waals surface area contributed by atoms with Gasteiger partial charge in [0.25, 0.3) is 0 Å². The van der Waals surface area contributed by atoms with Gasteiger partial charge in [-0.05, 0) is 51.1 Å². The van der Waals surface area contributed by atoms with Gasteiger partial charge in [0.1, 0.15) is 0 Å². The lowest BCUT2D eigenvalue weighted by molar-refractivity contribution is -0.134. The molecule has 1 saturated carbocycles. The minimum atomic E-state index is -0.292. The third-order valence-corrected chi connectivity index (χ3v) is 4.95. The van der Waals surface area contributed by atoms with E-state index in [0.717, 1.165) is 45.2 Å². The monoisotopic (exact) mass is 316 g/mol. The molecule has 3 rings (SSSR count). The van der Waals surface area contributed by atoms with Crippen molar-refractivity contribution in [2.75, 3.05) is 13.1 Å². The highest BCUT2D eigenvalue weighted by Gasteiger charge is 2.35. The molecule has 0 bridgehead atoms. The summed E-state index contributed by atoms with van der Waals surface area (Å²) < 4.78 is 0. The molecule has 1 aromatic rings. The third-order valence-electron chi connectivity index (χ3n) is 4.95. The van der Waals surface area contributed by atoms with Crippen LogP contribution in [0.25, 0.3) is 0 Å². The fourth-order valence-corrected chi connectivity index (χ4v) is 3.62. The summed E-state index contributed by atoms with van der Waals surface area (Å²) >= 11 is 0. The number of nitrogens with zero attached hydrogens (tertiary/aromatic N) is 2. The fourth-order valence-electron chi connectivity index (χ4n) is 3.62. The summed E-state index contributed by atoms with van der Waals surface area (Å²) in [5.41, 5.74) is 1.20. The van der Waals surface area contributed by atoms with Crippen LogP contribution in [0.2, 0.25) is 0 Å². The molecule has 1 heterocycles. The van der Waals surface area contributed by atoms with Crippen LogP contribution >= 0.6 is 0 Å². The Hall–Kier alpha value is -1.39. The van der Waals surface area contributed by atoms with E-state index in [9.17, 15) is 9.90 Å². The van der Waals surface area contributed by atoms with Crippen molar-refractivity contribution in [1.29, 1.82) is 0 Å². The maximum absolute atomic E-state index is 12.8.